The second-order valence-electron chi connectivity index (χ2n) is 9.18. The predicted molar refractivity (Wildman–Crippen MR) is 133 cm³/mol. The number of esters is 1. The molecule has 200 valence electrons. The highest BCUT2D eigenvalue weighted by molar-refractivity contribution is 6.00. The monoisotopic (exact) mass is 514 g/mol. The standard InChI is InChI=1S/C27H34N2O8/c1-18-13-22(19(2)29(18)15-21-5-4-10-35-21)23(30)16-37-27(32)20-6-7-24(25(14-20)33-3)36-17-26(31)28-8-11-34-12-9-28/h6-7,13-14,21H,4-5,8-12,15-17H2,1-3H3/t21-/m0/s1. The number of hydrogen-bond acceptors (Lipinski definition) is 8. The van der Waals surface area contributed by atoms with Gasteiger partial charge < -0.3 is 33.2 Å². The van der Waals surface area contributed by atoms with E-state index in [9.17, 15) is 14.4 Å². The molecule has 2 aliphatic rings. The van der Waals surface area contributed by atoms with E-state index in [4.69, 9.17) is 23.7 Å². The van der Waals surface area contributed by atoms with Crippen molar-refractivity contribution in [3.8, 4) is 11.5 Å². The summed E-state index contributed by atoms with van der Waals surface area (Å²) in [4.78, 5) is 39.5. The number of ketones is 1. The zero-order chi connectivity index (χ0) is 26.4. The lowest BCUT2D eigenvalue weighted by Crippen LogP contribution is -2.43. The fraction of sp³-hybridized carbons (Fsp3) is 0.519. The summed E-state index contributed by atoms with van der Waals surface area (Å²) in [5.41, 5.74) is 2.55. The van der Waals surface area contributed by atoms with Gasteiger partial charge in [0.25, 0.3) is 5.91 Å². The molecule has 0 bridgehead atoms. The van der Waals surface area contributed by atoms with Crippen LogP contribution in [-0.4, -0.2) is 86.5 Å². The SMILES string of the molecule is COc1cc(C(=O)OCC(=O)c2cc(C)n(C[C@@H]3CCCO3)c2C)ccc1OCC(=O)N1CCOCC1. The highest BCUT2D eigenvalue weighted by Crippen LogP contribution is 2.28. The van der Waals surface area contributed by atoms with Gasteiger partial charge in [0.2, 0.25) is 5.78 Å². The number of aryl methyl sites for hydroxylation is 1. The third-order valence-electron chi connectivity index (χ3n) is 6.73. The van der Waals surface area contributed by atoms with Crippen LogP contribution in [0.4, 0.5) is 0 Å². The molecule has 1 amide bonds. The number of ether oxygens (including phenoxy) is 5. The molecule has 0 saturated carbocycles. The van der Waals surface area contributed by atoms with Gasteiger partial charge in [0.1, 0.15) is 0 Å². The van der Waals surface area contributed by atoms with Gasteiger partial charge in [-0.05, 0) is 51.0 Å². The number of nitrogens with zero attached hydrogens (tertiary/aromatic N) is 2. The van der Waals surface area contributed by atoms with Crippen LogP contribution in [0.3, 0.4) is 0 Å². The largest absolute Gasteiger partial charge is 0.493 e. The van der Waals surface area contributed by atoms with Crippen LogP contribution in [0.1, 0.15) is 44.9 Å². The molecule has 1 aromatic heterocycles. The van der Waals surface area contributed by atoms with Gasteiger partial charge in [-0.1, -0.05) is 0 Å². The number of methoxy groups -OCH3 is 1. The van der Waals surface area contributed by atoms with Crippen molar-refractivity contribution < 1.29 is 38.1 Å². The van der Waals surface area contributed by atoms with Crippen LogP contribution in [0, 0.1) is 13.8 Å². The number of carbonyl (C=O) groups is 3. The summed E-state index contributed by atoms with van der Waals surface area (Å²) in [6.07, 6.45) is 2.22. The van der Waals surface area contributed by atoms with Crippen molar-refractivity contribution in [1.82, 2.24) is 9.47 Å². The Labute approximate surface area is 216 Å². The maximum atomic E-state index is 12.9. The number of aromatic nitrogens is 1. The first-order chi connectivity index (χ1) is 17.9. The summed E-state index contributed by atoms with van der Waals surface area (Å²) in [5, 5.41) is 0. The molecule has 0 aliphatic carbocycles. The summed E-state index contributed by atoms with van der Waals surface area (Å²) in [6.45, 7) is 6.87. The zero-order valence-electron chi connectivity index (χ0n) is 21.6. The number of carbonyl (C=O) groups excluding carboxylic acids is 3. The number of Topliss-reactive ketones (excluding diaryl/α,β-unsaturated/α-hetero) is 1. The number of benzene rings is 1. The third-order valence-corrected chi connectivity index (χ3v) is 6.73. The smallest absolute Gasteiger partial charge is 0.338 e. The number of morpholine rings is 1. The van der Waals surface area contributed by atoms with Crippen molar-refractivity contribution in [1.29, 1.82) is 0 Å². The van der Waals surface area contributed by atoms with Gasteiger partial charge in [-0.2, -0.15) is 0 Å². The van der Waals surface area contributed by atoms with Crippen LogP contribution in [0.2, 0.25) is 0 Å². The number of hydrogen-bond donors (Lipinski definition) is 0. The van der Waals surface area contributed by atoms with Crippen LogP contribution in [0.25, 0.3) is 0 Å². The molecule has 0 spiro atoms. The van der Waals surface area contributed by atoms with Gasteiger partial charge in [-0.3, -0.25) is 9.59 Å². The molecule has 3 heterocycles. The molecule has 0 N–H and O–H groups in total. The van der Waals surface area contributed by atoms with E-state index in [1.807, 2.05) is 19.9 Å². The van der Waals surface area contributed by atoms with E-state index in [-0.39, 0.29) is 42.3 Å². The Hall–Kier alpha value is -3.37. The molecular weight excluding hydrogens is 480 g/mol. The van der Waals surface area contributed by atoms with Crippen molar-refractivity contribution in [2.24, 2.45) is 0 Å². The molecule has 2 aromatic rings. The Balaban J connectivity index is 1.33. The first-order valence-electron chi connectivity index (χ1n) is 12.5. The topological polar surface area (TPSA) is 106 Å². The van der Waals surface area contributed by atoms with Crippen LogP contribution >= 0.6 is 0 Å². The summed E-state index contributed by atoms with van der Waals surface area (Å²) in [6, 6.07) is 6.35. The van der Waals surface area contributed by atoms with E-state index in [0.717, 1.165) is 30.8 Å². The summed E-state index contributed by atoms with van der Waals surface area (Å²) in [7, 11) is 1.44. The molecule has 1 aromatic carbocycles. The summed E-state index contributed by atoms with van der Waals surface area (Å²) >= 11 is 0. The summed E-state index contributed by atoms with van der Waals surface area (Å²) in [5.74, 6) is -0.463. The maximum Gasteiger partial charge on any atom is 0.338 e. The van der Waals surface area contributed by atoms with E-state index in [0.29, 0.717) is 44.2 Å². The molecule has 1 atom stereocenters. The van der Waals surface area contributed by atoms with Gasteiger partial charge in [-0.15, -0.1) is 0 Å². The lowest BCUT2D eigenvalue weighted by atomic mass is 10.1. The van der Waals surface area contributed by atoms with Crippen molar-refractivity contribution in [3.63, 3.8) is 0 Å². The Bertz CT molecular complexity index is 1130. The van der Waals surface area contributed by atoms with Crippen molar-refractivity contribution >= 4 is 17.7 Å². The second-order valence-corrected chi connectivity index (χ2v) is 9.18. The Kier molecular flexibility index (Phi) is 8.83. The van der Waals surface area contributed by atoms with Crippen molar-refractivity contribution in [2.45, 2.75) is 39.3 Å². The molecule has 2 saturated heterocycles. The maximum absolute atomic E-state index is 12.9. The van der Waals surface area contributed by atoms with Gasteiger partial charge in [0.15, 0.2) is 24.7 Å². The van der Waals surface area contributed by atoms with E-state index in [2.05, 4.69) is 4.57 Å². The average molecular weight is 515 g/mol. The van der Waals surface area contributed by atoms with Gasteiger partial charge >= 0.3 is 5.97 Å². The molecule has 4 rings (SSSR count). The quantitative estimate of drug-likeness (QED) is 0.352. The van der Waals surface area contributed by atoms with E-state index in [1.165, 1.54) is 19.2 Å². The predicted octanol–water partition coefficient (Wildman–Crippen LogP) is 2.57. The molecule has 0 unspecified atom stereocenters. The minimum absolute atomic E-state index is 0.150. The molecule has 2 fully saturated rings. The molecule has 37 heavy (non-hydrogen) atoms. The van der Waals surface area contributed by atoms with Gasteiger partial charge in [0, 0.05) is 43.2 Å². The van der Waals surface area contributed by atoms with E-state index in [1.54, 1.807) is 11.0 Å². The lowest BCUT2D eigenvalue weighted by molar-refractivity contribution is -0.137. The first-order valence-corrected chi connectivity index (χ1v) is 12.5. The van der Waals surface area contributed by atoms with Crippen LogP contribution < -0.4 is 9.47 Å². The van der Waals surface area contributed by atoms with E-state index < -0.39 is 5.97 Å². The number of amides is 1. The normalized spacial score (nSPS) is 17.5. The molecule has 10 nitrogen and oxygen atoms in total. The van der Waals surface area contributed by atoms with Crippen molar-refractivity contribution in [2.75, 3.05) is 53.2 Å². The fourth-order valence-electron chi connectivity index (χ4n) is 4.61. The Morgan fingerprint density at radius 1 is 1.03 bits per heavy atom. The molecule has 0 radical (unpaired) electrons. The van der Waals surface area contributed by atoms with Crippen molar-refractivity contribution in [3.05, 3.63) is 46.8 Å². The van der Waals surface area contributed by atoms with Crippen LogP contribution in [0.5, 0.6) is 11.5 Å². The van der Waals surface area contributed by atoms with E-state index >= 15 is 0 Å². The average Bonchev–Trinajstić information content (AvgIpc) is 3.54. The second kappa shape index (κ2) is 12.2. The minimum Gasteiger partial charge on any atom is -0.493 e. The molecular formula is C27H34N2O8. The Morgan fingerprint density at radius 3 is 2.51 bits per heavy atom. The van der Waals surface area contributed by atoms with Gasteiger partial charge in [0.05, 0.1) is 32.0 Å². The highest BCUT2D eigenvalue weighted by Gasteiger charge is 2.23. The van der Waals surface area contributed by atoms with Gasteiger partial charge in [-0.25, -0.2) is 4.79 Å². The highest BCUT2D eigenvalue weighted by atomic mass is 16.5. The fourth-order valence-corrected chi connectivity index (χ4v) is 4.61. The summed E-state index contributed by atoms with van der Waals surface area (Å²) < 4.78 is 29.3. The molecule has 10 heteroatoms. The lowest BCUT2D eigenvalue weighted by Gasteiger charge is -2.26. The third kappa shape index (κ3) is 6.50. The van der Waals surface area contributed by atoms with Crippen LogP contribution in [0.15, 0.2) is 24.3 Å². The zero-order valence-corrected chi connectivity index (χ0v) is 21.6. The Morgan fingerprint density at radius 2 is 1.81 bits per heavy atom. The number of rotatable bonds is 10. The first kappa shape index (κ1) is 26.7. The van der Waals surface area contributed by atoms with Crippen LogP contribution in [-0.2, 0) is 25.5 Å². The minimum atomic E-state index is -0.657. The molecule has 2 aliphatic heterocycles.